The first-order valence-electron chi connectivity index (χ1n) is 10.4. The van der Waals surface area contributed by atoms with Crippen molar-refractivity contribution >= 4 is 16.8 Å². The number of methoxy groups -OCH3 is 2. The molecule has 1 unspecified atom stereocenters. The molecular weight excluding hydrogens is 386 g/mol. The summed E-state index contributed by atoms with van der Waals surface area (Å²) in [5, 5.41) is 3.55. The zero-order valence-corrected chi connectivity index (χ0v) is 17.7. The van der Waals surface area contributed by atoms with Gasteiger partial charge in [0, 0.05) is 38.3 Å². The highest BCUT2D eigenvalue weighted by molar-refractivity contribution is 5.82. The molecule has 1 aromatic carbocycles. The summed E-state index contributed by atoms with van der Waals surface area (Å²) in [4.78, 5) is 36.8. The molecule has 1 saturated heterocycles. The van der Waals surface area contributed by atoms with E-state index in [1.165, 1.54) is 7.11 Å². The van der Waals surface area contributed by atoms with Crippen LogP contribution in [0.25, 0.3) is 10.9 Å². The minimum absolute atomic E-state index is 0.117. The topological polar surface area (TPSA) is 99.8 Å². The zero-order chi connectivity index (χ0) is 21.3. The van der Waals surface area contributed by atoms with E-state index in [0.29, 0.717) is 40.8 Å². The van der Waals surface area contributed by atoms with Gasteiger partial charge in [-0.15, -0.1) is 0 Å². The van der Waals surface area contributed by atoms with Crippen LogP contribution >= 0.6 is 0 Å². The van der Waals surface area contributed by atoms with Crippen molar-refractivity contribution in [1.29, 1.82) is 0 Å². The van der Waals surface area contributed by atoms with E-state index in [9.17, 15) is 9.59 Å². The summed E-state index contributed by atoms with van der Waals surface area (Å²) in [5.41, 5.74) is 0.385. The van der Waals surface area contributed by atoms with Gasteiger partial charge in [-0.2, -0.15) is 0 Å². The number of rotatable bonds is 7. The number of amides is 1. The molecule has 1 aliphatic carbocycles. The molecule has 1 aliphatic heterocycles. The summed E-state index contributed by atoms with van der Waals surface area (Å²) in [5.74, 6) is 1.78. The van der Waals surface area contributed by atoms with Gasteiger partial charge in [-0.3, -0.25) is 19.4 Å². The predicted octanol–water partition coefficient (Wildman–Crippen LogP) is 0.725. The van der Waals surface area contributed by atoms with Crippen LogP contribution in [-0.2, 0) is 11.3 Å². The van der Waals surface area contributed by atoms with Crippen molar-refractivity contribution in [2.45, 2.75) is 38.4 Å². The van der Waals surface area contributed by atoms with Crippen molar-refractivity contribution in [3.63, 3.8) is 0 Å². The Kier molecular flexibility index (Phi) is 5.92. The number of carbonyl (C=O) groups excluding carboxylic acids is 1. The second-order valence-corrected chi connectivity index (χ2v) is 8.01. The van der Waals surface area contributed by atoms with Gasteiger partial charge in [-0.25, -0.2) is 4.98 Å². The van der Waals surface area contributed by atoms with Gasteiger partial charge in [-0.05, 0) is 25.8 Å². The minimum Gasteiger partial charge on any atom is -0.493 e. The number of aromatic nitrogens is 2. The third kappa shape index (κ3) is 4.41. The molecule has 1 amide bonds. The van der Waals surface area contributed by atoms with E-state index in [1.807, 2.05) is 6.92 Å². The number of hydrogen-bond acceptors (Lipinski definition) is 7. The van der Waals surface area contributed by atoms with Gasteiger partial charge in [0.05, 0.1) is 37.7 Å². The number of piperazine rings is 1. The van der Waals surface area contributed by atoms with Crippen LogP contribution in [0.2, 0.25) is 0 Å². The van der Waals surface area contributed by atoms with Crippen molar-refractivity contribution in [2.75, 3.05) is 40.4 Å². The summed E-state index contributed by atoms with van der Waals surface area (Å²) in [6.07, 6.45) is 2.20. The van der Waals surface area contributed by atoms with Gasteiger partial charge >= 0.3 is 0 Å². The van der Waals surface area contributed by atoms with Crippen LogP contribution in [0, 0.1) is 0 Å². The Morgan fingerprint density at radius 1 is 1.20 bits per heavy atom. The average Bonchev–Trinajstić information content (AvgIpc) is 3.57. The van der Waals surface area contributed by atoms with Gasteiger partial charge in [0.2, 0.25) is 5.91 Å². The fraction of sp³-hybridized carbons (Fsp3) is 0.571. The molecule has 4 rings (SSSR count). The number of aromatic amines is 1. The van der Waals surface area contributed by atoms with E-state index in [2.05, 4.69) is 25.1 Å². The van der Waals surface area contributed by atoms with Crippen LogP contribution in [-0.4, -0.2) is 78.2 Å². The van der Waals surface area contributed by atoms with E-state index >= 15 is 0 Å². The number of carbonyl (C=O) groups is 1. The highest BCUT2D eigenvalue weighted by atomic mass is 16.5. The number of ether oxygens (including phenoxy) is 2. The third-order valence-corrected chi connectivity index (χ3v) is 5.89. The number of H-pyrrole nitrogens is 1. The monoisotopic (exact) mass is 415 g/mol. The first-order chi connectivity index (χ1) is 14.5. The van der Waals surface area contributed by atoms with Crippen LogP contribution in [0.3, 0.4) is 0 Å². The molecule has 30 heavy (non-hydrogen) atoms. The molecular formula is C21H29N5O4. The first-order valence-corrected chi connectivity index (χ1v) is 10.4. The van der Waals surface area contributed by atoms with Gasteiger partial charge in [0.15, 0.2) is 11.5 Å². The molecule has 162 valence electrons. The highest BCUT2D eigenvalue weighted by Gasteiger charge is 2.30. The predicted molar refractivity (Wildman–Crippen MR) is 113 cm³/mol. The summed E-state index contributed by atoms with van der Waals surface area (Å²) >= 11 is 0. The van der Waals surface area contributed by atoms with Gasteiger partial charge in [0.1, 0.15) is 5.82 Å². The number of fused-ring (bicyclic) bond motifs is 1. The molecule has 0 radical (unpaired) electrons. The van der Waals surface area contributed by atoms with E-state index in [0.717, 1.165) is 39.0 Å². The second kappa shape index (κ2) is 8.61. The maximum absolute atomic E-state index is 12.6. The Bertz CT molecular complexity index is 979. The summed E-state index contributed by atoms with van der Waals surface area (Å²) < 4.78 is 10.6. The molecule has 2 heterocycles. The lowest BCUT2D eigenvalue weighted by molar-refractivity contribution is -0.126. The van der Waals surface area contributed by atoms with Gasteiger partial charge in [-0.1, -0.05) is 0 Å². The highest BCUT2D eigenvalue weighted by Crippen LogP contribution is 2.30. The van der Waals surface area contributed by atoms with Crippen LogP contribution in [0.15, 0.2) is 16.9 Å². The zero-order valence-electron chi connectivity index (χ0n) is 17.7. The Balaban J connectivity index is 1.41. The largest absolute Gasteiger partial charge is 0.493 e. The van der Waals surface area contributed by atoms with Crippen LogP contribution < -0.4 is 20.3 Å². The van der Waals surface area contributed by atoms with Crippen molar-refractivity contribution in [1.82, 2.24) is 25.1 Å². The molecule has 2 aromatic rings. The molecule has 1 aromatic heterocycles. The Morgan fingerprint density at radius 2 is 1.87 bits per heavy atom. The third-order valence-electron chi connectivity index (χ3n) is 5.89. The minimum atomic E-state index is -0.194. The second-order valence-electron chi connectivity index (χ2n) is 8.01. The van der Waals surface area contributed by atoms with Crippen molar-refractivity contribution < 1.29 is 14.3 Å². The molecule has 1 atom stereocenters. The standard InChI is InChI=1S/C21H29N5O4/c1-13(20(27)22-14-4-5-14)26-8-6-25(7-9-26)12-19-23-16-11-18(30-3)17(29-2)10-15(16)21(28)24-19/h10-11,13-14H,4-9,12H2,1-3H3,(H,22,27)(H,23,24,28). The molecule has 0 spiro atoms. The van der Waals surface area contributed by atoms with E-state index < -0.39 is 0 Å². The molecule has 0 bridgehead atoms. The quantitative estimate of drug-likeness (QED) is 0.688. The number of benzene rings is 1. The van der Waals surface area contributed by atoms with Crippen LogP contribution in [0.1, 0.15) is 25.6 Å². The molecule has 2 N–H and O–H groups in total. The van der Waals surface area contributed by atoms with Gasteiger partial charge in [0.25, 0.3) is 5.56 Å². The molecule has 2 fully saturated rings. The Hall–Kier alpha value is -2.65. The van der Waals surface area contributed by atoms with E-state index in [-0.39, 0.29) is 17.5 Å². The Labute approximate surface area is 175 Å². The molecule has 2 aliphatic rings. The van der Waals surface area contributed by atoms with Crippen molar-refractivity contribution in [2.24, 2.45) is 0 Å². The lowest BCUT2D eigenvalue weighted by atomic mass is 10.2. The van der Waals surface area contributed by atoms with Gasteiger partial charge < -0.3 is 19.8 Å². The fourth-order valence-corrected chi connectivity index (χ4v) is 3.83. The lowest BCUT2D eigenvalue weighted by Crippen LogP contribution is -2.54. The number of hydrogen-bond donors (Lipinski definition) is 2. The smallest absolute Gasteiger partial charge is 0.258 e. The molecule has 9 heteroatoms. The lowest BCUT2D eigenvalue weighted by Gasteiger charge is -2.37. The maximum atomic E-state index is 12.6. The summed E-state index contributed by atoms with van der Waals surface area (Å²) in [7, 11) is 3.10. The summed E-state index contributed by atoms with van der Waals surface area (Å²) in [6, 6.07) is 3.64. The van der Waals surface area contributed by atoms with Crippen LogP contribution in [0.4, 0.5) is 0 Å². The van der Waals surface area contributed by atoms with E-state index in [1.54, 1.807) is 19.2 Å². The summed E-state index contributed by atoms with van der Waals surface area (Å²) in [6.45, 7) is 5.76. The first kappa shape index (κ1) is 20.6. The normalized spacial score (nSPS) is 18.9. The molecule has 9 nitrogen and oxygen atoms in total. The molecule has 1 saturated carbocycles. The maximum Gasteiger partial charge on any atom is 0.258 e. The number of nitrogens with zero attached hydrogens (tertiary/aromatic N) is 3. The Morgan fingerprint density at radius 3 is 2.50 bits per heavy atom. The van der Waals surface area contributed by atoms with Crippen molar-refractivity contribution in [3.05, 3.63) is 28.3 Å². The SMILES string of the molecule is COc1cc2nc(CN3CCN(C(C)C(=O)NC4CC4)CC3)[nH]c(=O)c2cc1OC. The fourth-order valence-electron chi connectivity index (χ4n) is 3.83. The van der Waals surface area contributed by atoms with Crippen LogP contribution in [0.5, 0.6) is 11.5 Å². The van der Waals surface area contributed by atoms with Crippen molar-refractivity contribution in [3.8, 4) is 11.5 Å². The number of nitrogens with one attached hydrogen (secondary N) is 2. The van der Waals surface area contributed by atoms with E-state index in [4.69, 9.17) is 9.47 Å². The average molecular weight is 415 g/mol.